The minimum atomic E-state index is -1.04. The van der Waals surface area contributed by atoms with E-state index >= 15 is 0 Å². The van der Waals surface area contributed by atoms with E-state index in [1.807, 2.05) is 6.07 Å². The van der Waals surface area contributed by atoms with Crippen LogP contribution in [0.25, 0.3) is 10.2 Å². The first kappa shape index (κ1) is 21.7. The molecule has 7 heteroatoms. The first-order valence-electron chi connectivity index (χ1n) is 9.50. The number of rotatable bonds is 12. The van der Waals surface area contributed by atoms with Gasteiger partial charge in [-0.1, -0.05) is 57.2 Å². The smallest absolute Gasteiger partial charge is 0.338 e. The molecule has 1 unspecified atom stereocenters. The summed E-state index contributed by atoms with van der Waals surface area (Å²) in [5.74, 6) is -1.42. The number of aromatic nitrogens is 1. The van der Waals surface area contributed by atoms with E-state index in [0.717, 1.165) is 24.0 Å². The first-order chi connectivity index (χ1) is 13.0. The van der Waals surface area contributed by atoms with Crippen LogP contribution in [0.15, 0.2) is 22.5 Å². The van der Waals surface area contributed by atoms with Crippen molar-refractivity contribution in [3.63, 3.8) is 0 Å². The van der Waals surface area contributed by atoms with Crippen LogP contribution in [0.4, 0.5) is 0 Å². The fourth-order valence-corrected chi connectivity index (χ4v) is 5.02. The van der Waals surface area contributed by atoms with E-state index in [4.69, 9.17) is 4.74 Å². The molecular formula is C20H26NO4S2-. The fraction of sp³-hybridized carbons (Fsp3) is 0.550. The molecule has 0 amide bonds. The molecule has 0 aliphatic carbocycles. The highest BCUT2D eigenvalue weighted by molar-refractivity contribution is 8.02. The molecule has 27 heavy (non-hydrogen) atoms. The van der Waals surface area contributed by atoms with E-state index in [1.165, 1.54) is 42.4 Å². The highest BCUT2D eigenvalue weighted by Crippen LogP contribution is 2.34. The average Bonchev–Trinajstić information content (AvgIpc) is 3.05. The number of unbranched alkanes of at least 4 members (excludes halogenated alkanes) is 5. The second-order valence-electron chi connectivity index (χ2n) is 6.36. The van der Waals surface area contributed by atoms with E-state index < -0.39 is 11.2 Å². The van der Waals surface area contributed by atoms with Crippen LogP contribution in [0.2, 0.25) is 0 Å². The molecular weight excluding hydrogens is 382 g/mol. The molecule has 0 radical (unpaired) electrons. The molecule has 148 valence electrons. The topological polar surface area (TPSA) is 79.3 Å². The number of aliphatic carboxylic acids is 1. The van der Waals surface area contributed by atoms with Gasteiger partial charge in [-0.15, -0.1) is 11.3 Å². The number of thioether (sulfide) groups is 1. The number of nitrogens with zero attached hydrogens (tertiary/aromatic N) is 1. The summed E-state index contributed by atoms with van der Waals surface area (Å²) in [4.78, 5) is 27.8. The second kappa shape index (κ2) is 11.3. The molecule has 1 atom stereocenters. The van der Waals surface area contributed by atoms with E-state index in [1.54, 1.807) is 19.1 Å². The molecule has 1 heterocycles. The van der Waals surface area contributed by atoms with Crippen LogP contribution in [0, 0.1) is 0 Å². The number of hydrogen-bond donors (Lipinski definition) is 0. The quantitative estimate of drug-likeness (QED) is 0.294. The Morgan fingerprint density at radius 2 is 1.93 bits per heavy atom. The summed E-state index contributed by atoms with van der Waals surface area (Å²) in [6.07, 6.45) is 7.31. The van der Waals surface area contributed by atoms with Gasteiger partial charge in [0.15, 0.2) is 4.34 Å². The molecule has 0 aliphatic heterocycles. The van der Waals surface area contributed by atoms with Crippen molar-refractivity contribution in [2.75, 3.05) is 6.61 Å². The monoisotopic (exact) mass is 408 g/mol. The fourth-order valence-electron chi connectivity index (χ4n) is 2.75. The Hall–Kier alpha value is -1.60. The third-order valence-corrected chi connectivity index (χ3v) is 6.58. The number of carboxylic acids is 1. The highest BCUT2D eigenvalue weighted by atomic mass is 32.2. The van der Waals surface area contributed by atoms with Crippen molar-refractivity contribution in [2.45, 2.75) is 68.4 Å². The molecule has 5 nitrogen and oxygen atoms in total. The maximum absolute atomic E-state index is 11.8. The van der Waals surface area contributed by atoms with Gasteiger partial charge in [0.1, 0.15) is 0 Å². The van der Waals surface area contributed by atoms with Crippen molar-refractivity contribution in [1.29, 1.82) is 0 Å². The second-order valence-corrected chi connectivity index (χ2v) is 8.85. The predicted octanol–water partition coefficient (Wildman–Crippen LogP) is 4.43. The maximum atomic E-state index is 11.8. The zero-order chi connectivity index (χ0) is 19.6. The Kier molecular flexibility index (Phi) is 9.07. The van der Waals surface area contributed by atoms with Crippen molar-refractivity contribution in [2.24, 2.45) is 0 Å². The number of ether oxygens (including phenoxy) is 1. The molecule has 0 fully saturated rings. The lowest BCUT2D eigenvalue weighted by atomic mass is 10.1. The highest BCUT2D eigenvalue weighted by Gasteiger charge is 2.16. The lowest BCUT2D eigenvalue weighted by Crippen LogP contribution is -2.33. The number of esters is 1. The van der Waals surface area contributed by atoms with Crippen LogP contribution in [0.3, 0.4) is 0 Å². The van der Waals surface area contributed by atoms with Gasteiger partial charge in [-0.3, -0.25) is 0 Å². The molecule has 0 bridgehead atoms. The minimum Gasteiger partial charge on any atom is -0.549 e. The zero-order valence-corrected chi connectivity index (χ0v) is 17.5. The molecule has 0 saturated carbocycles. The van der Waals surface area contributed by atoms with E-state index in [2.05, 4.69) is 11.9 Å². The largest absolute Gasteiger partial charge is 0.549 e. The van der Waals surface area contributed by atoms with Crippen molar-refractivity contribution in [1.82, 2.24) is 4.98 Å². The summed E-state index contributed by atoms with van der Waals surface area (Å²) in [7, 11) is 0. The van der Waals surface area contributed by atoms with Crippen LogP contribution in [-0.2, 0) is 9.53 Å². The van der Waals surface area contributed by atoms with Gasteiger partial charge in [-0.25, -0.2) is 9.78 Å². The number of hydrogen-bond acceptors (Lipinski definition) is 7. The molecule has 2 rings (SSSR count). The average molecular weight is 409 g/mol. The van der Waals surface area contributed by atoms with E-state index in [-0.39, 0.29) is 5.97 Å². The van der Waals surface area contributed by atoms with Gasteiger partial charge < -0.3 is 14.6 Å². The van der Waals surface area contributed by atoms with Gasteiger partial charge in [0.25, 0.3) is 0 Å². The van der Waals surface area contributed by atoms with Gasteiger partial charge in [-0.05, 0) is 31.5 Å². The summed E-state index contributed by atoms with van der Waals surface area (Å²) in [5, 5.41) is 10.9. The van der Waals surface area contributed by atoms with Gasteiger partial charge in [0.2, 0.25) is 0 Å². The number of benzene rings is 1. The lowest BCUT2D eigenvalue weighted by Gasteiger charge is -2.15. The van der Waals surface area contributed by atoms with Crippen molar-refractivity contribution >= 4 is 45.3 Å². The lowest BCUT2D eigenvalue weighted by molar-refractivity contribution is -0.304. The molecule has 1 aromatic carbocycles. The van der Waals surface area contributed by atoms with Crippen molar-refractivity contribution < 1.29 is 19.4 Å². The molecule has 0 spiro atoms. The third kappa shape index (κ3) is 6.81. The summed E-state index contributed by atoms with van der Waals surface area (Å²) < 4.78 is 6.61. The van der Waals surface area contributed by atoms with Crippen LogP contribution in [0.1, 0.15) is 69.2 Å². The normalized spacial score (nSPS) is 12.2. The Morgan fingerprint density at radius 3 is 2.63 bits per heavy atom. The van der Waals surface area contributed by atoms with Gasteiger partial charge in [-0.2, -0.15) is 0 Å². The first-order valence-corrected chi connectivity index (χ1v) is 11.2. The summed E-state index contributed by atoms with van der Waals surface area (Å²) in [5.41, 5.74) is 1.14. The van der Waals surface area contributed by atoms with Crippen molar-refractivity contribution in [3.8, 4) is 0 Å². The van der Waals surface area contributed by atoms with Gasteiger partial charge in [0.05, 0.1) is 33.6 Å². The Balaban J connectivity index is 1.97. The summed E-state index contributed by atoms with van der Waals surface area (Å²) in [6, 6.07) is 5.22. The molecule has 0 aliphatic rings. The Morgan fingerprint density at radius 1 is 1.19 bits per heavy atom. The summed E-state index contributed by atoms with van der Waals surface area (Å²) >= 11 is 2.68. The molecule has 0 saturated heterocycles. The number of carbonyl (C=O) groups is 2. The Labute approximate surface area is 168 Å². The standard InChI is InChI=1S/C20H27NO4S2/c1-3-5-6-7-8-9-10-17(18(22)23)27-20-21-15-13-14(19(24)25-4-2)11-12-16(15)26-20/h11-13,17H,3-10H2,1-2H3,(H,22,23)/p-1. The molecule has 0 N–H and O–H groups in total. The summed E-state index contributed by atoms with van der Waals surface area (Å²) in [6.45, 7) is 4.26. The van der Waals surface area contributed by atoms with Gasteiger partial charge >= 0.3 is 5.97 Å². The molecule has 1 aromatic heterocycles. The minimum absolute atomic E-state index is 0.320. The van der Waals surface area contributed by atoms with Crippen LogP contribution >= 0.6 is 23.1 Å². The Bertz CT molecular complexity index is 760. The van der Waals surface area contributed by atoms with Crippen LogP contribution in [0.5, 0.6) is 0 Å². The number of thiazole rings is 1. The zero-order valence-electron chi connectivity index (χ0n) is 15.9. The van der Waals surface area contributed by atoms with Gasteiger partial charge in [0, 0.05) is 0 Å². The number of fused-ring (bicyclic) bond motifs is 1. The maximum Gasteiger partial charge on any atom is 0.338 e. The number of carboxylic acid groups (broad SMARTS) is 1. The van der Waals surface area contributed by atoms with Crippen LogP contribution < -0.4 is 5.11 Å². The third-order valence-electron chi connectivity index (χ3n) is 4.20. The predicted molar refractivity (Wildman–Crippen MR) is 108 cm³/mol. The van der Waals surface area contributed by atoms with Crippen molar-refractivity contribution in [3.05, 3.63) is 23.8 Å². The van der Waals surface area contributed by atoms with E-state index in [0.29, 0.717) is 28.4 Å². The SMILES string of the molecule is CCCCCCCCC(Sc1nc2cc(C(=O)OCC)ccc2s1)C(=O)[O-]. The van der Waals surface area contributed by atoms with Crippen LogP contribution in [-0.4, -0.2) is 28.8 Å². The number of carbonyl (C=O) groups excluding carboxylic acids is 2. The van der Waals surface area contributed by atoms with E-state index in [9.17, 15) is 14.7 Å². The molecule has 2 aromatic rings.